The van der Waals surface area contributed by atoms with Gasteiger partial charge >= 0.3 is 5.97 Å². The molecule has 0 amide bonds. The molecule has 98 valence electrons. The molecule has 4 nitrogen and oxygen atoms in total. The summed E-state index contributed by atoms with van der Waals surface area (Å²) in [7, 11) is 1.61. The average Bonchev–Trinajstić information content (AvgIpc) is 2.70. The Balaban J connectivity index is 2.44. The highest BCUT2D eigenvalue weighted by Crippen LogP contribution is 2.20. The van der Waals surface area contributed by atoms with Crippen LogP contribution in [0, 0.1) is 6.92 Å². The van der Waals surface area contributed by atoms with Crippen molar-refractivity contribution in [1.82, 2.24) is 4.57 Å². The Morgan fingerprint density at radius 2 is 1.95 bits per heavy atom. The molecule has 0 bridgehead atoms. The average molecular weight is 322 g/mol. The van der Waals surface area contributed by atoms with Crippen LogP contribution in [0.2, 0.25) is 0 Å². The fourth-order valence-corrected chi connectivity index (χ4v) is 2.41. The number of aromatic carboxylic acids is 1. The number of aromatic nitrogens is 1. The molecule has 0 saturated heterocycles. The molecule has 0 aliphatic rings. The summed E-state index contributed by atoms with van der Waals surface area (Å²) in [6.07, 6.45) is 1.53. The molecule has 0 spiro atoms. The van der Waals surface area contributed by atoms with Crippen molar-refractivity contribution in [2.24, 2.45) is 7.05 Å². The van der Waals surface area contributed by atoms with Crippen molar-refractivity contribution < 1.29 is 14.7 Å². The number of ketones is 1. The van der Waals surface area contributed by atoms with Crippen LogP contribution in [0.25, 0.3) is 0 Å². The van der Waals surface area contributed by atoms with Gasteiger partial charge in [-0.1, -0.05) is 15.9 Å². The largest absolute Gasteiger partial charge is 0.477 e. The maximum Gasteiger partial charge on any atom is 0.352 e. The van der Waals surface area contributed by atoms with Crippen LogP contribution < -0.4 is 0 Å². The molecule has 1 aromatic carbocycles. The minimum Gasteiger partial charge on any atom is -0.477 e. The highest BCUT2D eigenvalue weighted by Gasteiger charge is 2.17. The Morgan fingerprint density at radius 1 is 1.26 bits per heavy atom. The van der Waals surface area contributed by atoms with Crippen LogP contribution in [0.15, 0.2) is 34.9 Å². The van der Waals surface area contributed by atoms with Gasteiger partial charge in [0, 0.05) is 28.8 Å². The Morgan fingerprint density at radius 3 is 2.47 bits per heavy atom. The molecule has 0 unspecified atom stereocenters. The van der Waals surface area contributed by atoms with Crippen LogP contribution in [-0.2, 0) is 7.05 Å². The lowest BCUT2D eigenvalue weighted by molar-refractivity contribution is 0.0686. The number of halogens is 1. The quantitative estimate of drug-likeness (QED) is 0.884. The van der Waals surface area contributed by atoms with Gasteiger partial charge < -0.3 is 9.67 Å². The van der Waals surface area contributed by atoms with Gasteiger partial charge in [-0.3, -0.25) is 4.79 Å². The summed E-state index contributed by atoms with van der Waals surface area (Å²) >= 11 is 3.34. The lowest BCUT2D eigenvalue weighted by Crippen LogP contribution is -2.02. The molecule has 0 radical (unpaired) electrons. The zero-order chi connectivity index (χ0) is 14.2. The van der Waals surface area contributed by atoms with E-state index in [2.05, 4.69) is 15.9 Å². The standard InChI is InChI=1S/C14H12BrNO3/c1-8-5-10(15)3-4-11(8)13(17)9-6-12(14(18)19)16(2)7-9/h3-7H,1-2H3,(H,18,19). The molecule has 1 heterocycles. The third kappa shape index (κ3) is 2.61. The van der Waals surface area contributed by atoms with E-state index in [9.17, 15) is 9.59 Å². The van der Waals surface area contributed by atoms with E-state index in [-0.39, 0.29) is 11.5 Å². The summed E-state index contributed by atoms with van der Waals surface area (Å²) in [5.41, 5.74) is 1.90. The monoisotopic (exact) mass is 321 g/mol. The number of benzene rings is 1. The van der Waals surface area contributed by atoms with Gasteiger partial charge in [-0.05, 0) is 36.8 Å². The van der Waals surface area contributed by atoms with Crippen LogP contribution in [0.5, 0.6) is 0 Å². The Bertz CT molecular complexity index is 673. The first-order chi connectivity index (χ1) is 8.90. The number of rotatable bonds is 3. The Labute approximate surface area is 118 Å². The molecule has 1 N–H and O–H groups in total. The minimum absolute atomic E-state index is 0.0955. The number of hydrogen-bond acceptors (Lipinski definition) is 2. The number of carboxylic acid groups (broad SMARTS) is 1. The van der Waals surface area contributed by atoms with Crippen LogP contribution in [0.1, 0.15) is 32.0 Å². The van der Waals surface area contributed by atoms with Gasteiger partial charge in [0.15, 0.2) is 5.78 Å². The molecule has 0 atom stereocenters. The Kier molecular flexibility index (Phi) is 3.57. The van der Waals surface area contributed by atoms with Crippen molar-refractivity contribution in [3.05, 3.63) is 57.3 Å². The Hall–Kier alpha value is -1.88. The van der Waals surface area contributed by atoms with Crippen LogP contribution in [-0.4, -0.2) is 21.4 Å². The molecule has 19 heavy (non-hydrogen) atoms. The summed E-state index contributed by atoms with van der Waals surface area (Å²) in [5, 5.41) is 8.98. The molecule has 2 rings (SSSR count). The molecule has 1 aromatic heterocycles. The van der Waals surface area contributed by atoms with Crippen molar-refractivity contribution in [1.29, 1.82) is 0 Å². The van der Waals surface area contributed by atoms with Gasteiger partial charge in [-0.15, -0.1) is 0 Å². The van der Waals surface area contributed by atoms with E-state index in [0.29, 0.717) is 11.1 Å². The number of nitrogens with zero attached hydrogens (tertiary/aromatic N) is 1. The lowest BCUT2D eigenvalue weighted by Gasteiger charge is -2.03. The second-order valence-electron chi connectivity index (χ2n) is 4.32. The summed E-state index contributed by atoms with van der Waals surface area (Å²) < 4.78 is 2.34. The molecule has 5 heteroatoms. The fourth-order valence-electron chi connectivity index (χ4n) is 1.94. The fraction of sp³-hybridized carbons (Fsp3) is 0.143. The normalized spacial score (nSPS) is 10.5. The van der Waals surface area contributed by atoms with Gasteiger partial charge in [0.05, 0.1) is 0 Å². The van der Waals surface area contributed by atoms with Gasteiger partial charge in [0.1, 0.15) is 5.69 Å². The van der Waals surface area contributed by atoms with E-state index in [1.165, 1.54) is 16.8 Å². The van der Waals surface area contributed by atoms with E-state index in [1.807, 2.05) is 13.0 Å². The number of hydrogen-bond donors (Lipinski definition) is 1. The number of carbonyl (C=O) groups is 2. The maximum absolute atomic E-state index is 12.3. The summed E-state index contributed by atoms with van der Waals surface area (Å²) in [4.78, 5) is 23.3. The zero-order valence-electron chi connectivity index (χ0n) is 10.5. The van der Waals surface area contributed by atoms with Gasteiger partial charge in [0.25, 0.3) is 0 Å². The third-order valence-electron chi connectivity index (χ3n) is 2.92. The maximum atomic E-state index is 12.3. The number of aryl methyl sites for hydroxylation is 2. The SMILES string of the molecule is Cc1cc(Br)ccc1C(=O)c1cc(C(=O)O)n(C)c1. The minimum atomic E-state index is -1.05. The first kappa shape index (κ1) is 13.5. The predicted molar refractivity (Wildman–Crippen MR) is 74.7 cm³/mol. The molecule has 0 aliphatic heterocycles. The second kappa shape index (κ2) is 5.01. The third-order valence-corrected chi connectivity index (χ3v) is 3.41. The van der Waals surface area contributed by atoms with Crippen LogP contribution >= 0.6 is 15.9 Å². The molecule has 0 fully saturated rings. The number of carboxylic acids is 1. The van der Waals surface area contributed by atoms with Crippen LogP contribution in [0.4, 0.5) is 0 Å². The summed E-state index contributed by atoms with van der Waals surface area (Å²) in [6.45, 7) is 1.85. The summed E-state index contributed by atoms with van der Waals surface area (Å²) in [5.74, 6) is -1.22. The van der Waals surface area contributed by atoms with Crippen molar-refractivity contribution >= 4 is 27.7 Å². The number of carbonyl (C=O) groups excluding carboxylic acids is 1. The van der Waals surface area contributed by atoms with Gasteiger partial charge in [0.2, 0.25) is 0 Å². The van der Waals surface area contributed by atoms with E-state index in [1.54, 1.807) is 19.2 Å². The smallest absolute Gasteiger partial charge is 0.352 e. The van der Waals surface area contributed by atoms with Crippen molar-refractivity contribution in [2.45, 2.75) is 6.92 Å². The molecule has 0 aliphatic carbocycles. The lowest BCUT2D eigenvalue weighted by atomic mass is 10.0. The summed E-state index contributed by atoms with van der Waals surface area (Å²) in [6, 6.07) is 6.77. The van der Waals surface area contributed by atoms with Crippen molar-refractivity contribution in [3.8, 4) is 0 Å². The van der Waals surface area contributed by atoms with E-state index < -0.39 is 5.97 Å². The molecular formula is C14H12BrNO3. The second-order valence-corrected chi connectivity index (χ2v) is 5.23. The molecule has 0 saturated carbocycles. The highest BCUT2D eigenvalue weighted by atomic mass is 79.9. The topological polar surface area (TPSA) is 59.3 Å². The van der Waals surface area contributed by atoms with Gasteiger partial charge in [-0.2, -0.15) is 0 Å². The van der Waals surface area contributed by atoms with E-state index in [0.717, 1.165) is 10.0 Å². The van der Waals surface area contributed by atoms with E-state index >= 15 is 0 Å². The molecule has 2 aromatic rings. The predicted octanol–water partition coefficient (Wildman–Crippen LogP) is 3.03. The van der Waals surface area contributed by atoms with Crippen molar-refractivity contribution in [2.75, 3.05) is 0 Å². The first-order valence-corrected chi connectivity index (χ1v) is 6.40. The van der Waals surface area contributed by atoms with Crippen molar-refractivity contribution in [3.63, 3.8) is 0 Å². The highest BCUT2D eigenvalue weighted by molar-refractivity contribution is 9.10. The zero-order valence-corrected chi connectivity index (χ0v) is 12.1. The van der Waals surface area contributed by atoms with Crippen LogP contribution in [0.3, 0.4) is 0 Å². The van der Waals surface area contributed by atoms with E-state index in [4.69, 9.17) is 5.11 Å². The van der Waals surface area contributed by atoms with Gasteiger partial charge in [-0.25, -0.2) is 4.79 Å². The first-order valence-electron chi connectivity index (χ1n) is 5.60. The molecular weight excluding hydrogens is 310 g/mol.